The number of carboxylic acids is 1. The summed E-state index contributed by atoms with van der Waals surface area (Å²) in [4.78, 5) is 22.8. The number of nitrogens with one attached hydrogen (secondary N) is 2. The van der Waals surface area contributed by atoms with Crippen molar-refractivity contribution in [3.05, 3.63) is 0 Å². The van der Waals surface area contributed by atoms with E-state index < -0.39 is 12.0 Å². The molecule has 1 aliphatic heterocycles. The SMILES string of the molecule is CC(C)[C@H](NC(=O)[C@@H]1CNC[C@H]1C)C(=O)O. The summed E-state index contributed by atoms with van der Waals surface area (Å²) < 4.78 is 0. The molecule has 1 saturated heterocycles. The summed E-state index contributed by atoms with van der Waals surface area (Å²) in [6.45, 7) is 7.02. The highest BCUT2D eigenvalue weighted by atomic mass is 16.4. The minimum absolute atomic E-state index is 0.105. The Kier molecular flexibility index (Phi) is 4.29. The van der Waals surface area contributed by atoms with Gasteiger partial charge in [0, 0.05) is 6.54 Å². The van der Waals surface area contributed by atoms with Crippen LogP contribution in [-0.2, 0) is 9.59 Å². The number of rotatable bonds is 4. The second-order valence-electron chi connectivity index (χ2n) is 4.81. The first-order chi connectivity index (χ1) is 7.43. The number of hydrogen-bond donors (Lipinski definition) is 3. The van der Waals surface area contributed by atoms with Crippen LogP contribution in [0.3, 0.4) is 0 Å². The van der Waals surface area contributed by atoms with Gasteiger partial charge in [-0.05, 0) is 18.4 Å². The number of carboxylic acid groups (broad SMARTS) is 1. The van der Waals surface area contributed by atoms with Gasteiger partial charge in [0.1, 0.15) is 6.04 Å². The number of aliphatic carboxylic acids is 1. The third-order valence-electron chi connectivity index (χ3n) is 3.08. The Bertz CT molecular complexity index is 278. The first kappa shape index (κ1) is 13.0. The predicted octanol–water partition coefficient (Wildman–Crippen LogP) is 0.0673. The average molecular weight is 228 g/mol. The molecule has 0 radical (unpaired) electrons. The molecule has 0 aliphatic carbocycles. The lowest BCUT2D eigenvalue weighted by Gasteiger charge is -2.21. The molecule has 0 saturated carbocycles. The van der Waals surface area contributed by atoms with E-state index in [0.717, 1.165) is 6.54 Å². The van der Waals surface area contributed by atoms with Crippen molar-refractivity contribution in [1.82, 2.24) is 10.6 Å². The standard InChI is InChI=1S/C11H20N2O3/c1-6(2)9(11(15)16)13-10(14)8-5-12-4-7(8)3/h6-9,12H,4-5H2,1-3H3,(H,13,14)(H,15,16)/t7-,8-,9+/m1/s1. The van der Waals surface area contributed by atoms with Crippen LogP contribution in [0.15, 0.2) is 0 Å². The minimum atomic E-state index is -0.970. The van der Waals surface area contributed by atoms with Gasteiger partial charge in [0.05, 0.1) is 5.92 Å². The van der Waals surface area contributed by atoms with E-state index >= 15 is 0 Å². The van der Waals surface area contributed by atoms with Crippen LogP contribution < -0.4 is 10.6 Å². The van der Waals surface area contributed by atoms with Crippen molar-refractivity contribution in [2.24, 2.45) is 17.8 Å². The fraction of sp³-hybridized carbons (Fsp3) is 0.818. The zero-order valence-corrected chi connectivity index (χ0v) is 9.99. The largest absolute Gasteiger partial charge is 0.480 e. The van der Waals surface area contributed by atoms with Crippen LogP contribution in [0.5, 0.6) is 0 Å². The molecule has 1 heterocycles. The maximum Gasteiger partial charge on any atom is 0.326 e. The fourth-order valence-electron chi connectivity index (χ4n) is 1.93. The summed E-state index contributed by atoms with van der Waals surface area (Å²) in [5.74, 6) is -1.08. The van der Waals surface area contributed by atoms with Crippen LogP contribution in [0, 0.1) is 17.8 Å². The molecule has 0 unspecified atom stereocenters. The molecule has 3 N–H and O–H groups in total. The second kappa shape index (κ2) is 5.30. The predicted molar refractivity (Wildman–Crippen MR) is 59.9 cm³/mol. The van der Waals surface area contributed by atoms with Crippen LogP contribution >= 0.6 is 0 Å². The lowest BCUT2D eigenvalue weighted by molar-refractivity contribution is -0.143. The van der Waals surface area contributed by atoms with Crippen LogP contribution in [0.25, 0.3) is 0 Å². The molecule has 1 aliphatic rings. The number of hydrogen-bond acceptors (Lipinski definition) is 3. The maximum atomic E-state index is 11.9. The Labute approximate surface area is 95.6 Å². The Morgan fingerprint density at radius 3 is 2.38 bits per heavy atom. The van der Waals surface area contributed by atoms with Gasteiger partial charge < -0.3 is 15.7 Å². The fourth-order valence-corrected chi connectivity index (χ4v) is 1.93. The molecule has 1 rings (SSSR count). The summed E-state index contributed by atoms with van der Waals surface area (Å²) >= 11 is 0. The van der Waals surface area contributed by atoms with E-state index in [0.29, 0.717) is 6.54 Å². The number of carbonyl (C=O) groups excluding carboxylic acids is 1. The molecule has 0 aromatic heterocycles. The second-order valence-corrected chi connectivity index (χ2v) is 4.81. The first-order valence-electron chi connectivity index (χ1n) is 5.67. The third-order valence-corrected chi connectivity index (χ3v) is 3.08. The highest BCUT2D eigenvalue weighted by molar-refractivity contribution is 5.85. The van der Waals surface area contributed by atoms with Gasteiger partial charge in [0.2, 0.25) is 5.91 Å². The van der Waals surface area contributed by atoms with Gasteiger partial charge in [-0.3, -0.25) is 4.79 Å². The molecule has 0 spiro atoms. The molecule has 1 amide bonds. The molecule has 3 atom stereocenters. The molecule has 0 aromatic rings. The topological polar surface area (TPSA) is 78.4 Å². The minimum Gasteiger partial charge on any atom is -0.480 e. The van der Waals surface area contributed by atoms with Crippen LogP contribution in [-0.4, -0.2) is 36.1 Å². The normalized spacial score (nSPS) is 26.8. The summed E-state index contributed by atoms with van der Waals surface area (Å²) in [5.41, 5.74) is 0. The zero-order chi connectivity index (χ0) is 12.3. The van der Waals surface area contributed by atoms with Crippen LogP contribution in [0.4, 0.5) is 0 Å². The molecule has 92 valence electrons. The van der Waals surface area contributed by atoms with Crippen molar-refractivity contribution >= 4 is 11.9 Å². The van der Waals surface area contributed by atoms with E-state index in [9.17, 15) is 9.59 Å². The van der Waals surface area contributed by atoms with Gasteiger partial charge in [0.25, 0.3) is 0 Å². The zero-order valence-electron chi connectivity index (χ0n) is 9.99. The van der Waals surface area contributed by atoms with E-state index in [-0.39, 0.29) is 23.7 Å². The molecular formula is C11H20N2O3. The van der Waals surface area contributed by atoms with Crippen molar-refractivity contribution in [2.75, 3.05) is 13.1 Å². The van der Waals surface area contributed by atoms with Gasteiger partial charge in [0.15, 0.2) is 0 Å². The van der Waals surface area contributed by atoms with Crippen molar-refractivity contribution in [1.29, 1.82) is 0 Å². The lowest BCUT2D eigenvalue weighted by atomic mass is 9.96. The highest BCUT2D eigenvalue weighted by Gasteiger charge is 2.32. The van der Waals surface area contributed by atoms with Crippen molar-refractivity contribution in [2.45, 2.75) is 26.8 Å². The first-order valence-corrected chi connectivity index (χ1v) is 5.67. The number of amides is 1. The van der Waals surface area contributed by atoms with Gasteiger partial charge in [-0.25, -0.2) is 4.79 Å². The molecule has 5 nitrogen and oxygen atoms in total. The maximum absolute atomic E-state index is 11.9. The number of carbonyl (C=O) groups is 2. The highest BCUT2D eigenvalue weighted by Crippen LogP contribution is 2.16. The monoisotopic (exact) mass is 228 g/mol. The molecule has 0 aromatic carbocycles. The van der Waals surface area contributed by atoms with Gasteiger partial charge in [-0.1, -0.05) is 20.8 Å². The summed E-state index contributed by atoms with van der Waals surface area (Å²) in [7, 11) is 0. The quantitative estimate of drug-likeness (QED) is 0.636. The Morgan fingerprint density at radius 1 is 1.38 bits per heavy atom. The van der Waals surface area contributed by atoms with Gasteiger partial charge in [-0.2, -0.15) is 0 Å². The average Bonchev–Trinajstić information content (AvgIpc) is 2.59. The smallest absolute Gasteiger partial charge is 0.326 e. The lowest BCUT2D eigenvalue weighted by Crippen LogP contribution is -2.47. The molecule has 5 heteroatoms. The van der Waals surface area contributed by atoms with E-state index in [1.54, 1.807) is 13.8 Å². The van der Waals surface area contributed by atoms with E-state index in [4.69, 9.17) is 5.11 Å². The summed E-state index contributed by atoms with van der Waals surface area (Å²) in [6, 6.07) is -0.791. The van der Waals surface area contributed by atoms with Crippen molar-refractivity contribution < 1.29 is 14.7 Å². The summed E-state index contributed by atoms with van der Waals surface area (Å²) in [5, 5.41) is 14.7. The molecule has 16 heavy (non-hydrogen) atoms. The Morgan fingerprint density at radius 2 is 2.00 bits per heavy atom. The van der Waals surface area contributed by atoms with E-state index in [2.05, 4.69) is 10.6 Å². The summed E-state index contributed by atoms with van der Waals surface area (Å²) in [6.07, 6.45) is 0. The van der Waals surface area contributed by atoms with Crippen molar-refractivity contribution in [3.63, 3.8) is 0 Å². The third kappa shape index (κ3) is 2.95. The van der Waals surface area contributed by atoms with Gasteiger partial charge >= 0.3 is 5.97 Å². The molecule has 0 bridgehead atoms. The van der Waals surface area contributed by atoms with E-state index in [1.165, 1.54) is 0 Å². The Balaban J connectivity index is 2.58. The molecule has 1 fully saturated rings. The van der Waals surface area contributed by atoms with E-state index in [1.807, 2.05) is 6.92 Å². The van der Waals surface area contributed by atoms with Crippen LogP contribution in [0.1, 0.15) is 20.8 Å². The van der Waals surface area contributed by atoms with Crippen LogP contribution in [0.2, 0.25) is 0 Å². The van der Waals surface area contributed by atoms with Crippen molar-refractivity contribution in [3.8, 4) is 0 Å². The Hall–Kier alpha value is -1.10. The molecular weight excluding hydrogens is 208 g/mol. The van der Waals surface area contributed by atoms with Gasteiger partial charge in [-0.15, -0.1) is 0 Å².